The second-order valence-corrected chi connectivity index (χ2v) is 6.96. The van der Waals surface area contributed by atoms with Gasteiger partial charge in [-0.25, -0.2) is 0 Å². The third-order valence-corrected chi connectivity index (χ3v) is 5.11. The Morgan fingerprint density at radius 2 is 1.67 bits per heavy atom. The molecule has 0 spiro atoms. The molecule has 2 heterocycles. The minimum Gasteiger partial charge on any atom is -0.317 e. The van der Waals surface area contributed by atoms with E-state index < -0.39 is 0 Å². The molecule has 106 valence electrons. The van der Waals surface area contributed by atoms with Crippen LogP contribution in [-0.4, -0.2) is 36.1 Å². The molecule has 0 aromatic heterocycles. The van der Waals surface area contributed by atoms with Crippen LogP contribution in [0.4, 0.5) is 0 Å². The van der Waals surface area contributed by atoms with E-state index in [9.17, 15) is 0 Å². The summed E-state index contributed by atoms with van der Waals surface area (Å²) < 4.78 is 0. The monoisotopic (exact) mass is 252 g/mol. The molecule has 2 nitrogen and oxygen atoms in total. The summed E-state index contributed by atoms with van der Waals surface area (Å²) >= 11 is 0. The molecular formula is C16H32N2. The Bertz CT molecular complexity index is 237. The van der Waals surface area contributed by atoms with Crippen molar-refractivity contribution in [2.45, 2.75) is 89.9 Å². The predicted molar refractivity (Wildman–Crippen MR) is 78.9 cm³/mol. The molecule has 2 rings (SSSR count). The second kappa shape index (κ2) is 6.38. The molecule has 3 unspecified atom stereocenters. The van der Waals surface area contributed by atoms with Gasteiger partial charge in [0.1, 0.15) is 0 Å². The van der Waals surface area contributed by atoms with E-state index in [1.54, 1.807) is 0 Å². The number of piperidine rings is 1. The molecule has 0 aromatic rings. The van der Waals surface area contributed by atoms with E-state index in [0.29, 0.717) is 0 Å². The third kappa shape index (κ3) is 3.27. The maximum absolute atomic E-state index is 3.50. The van der Waals surface area contributed by atoms with Crippen LogP contribution < -0.4 is 5.32 Å². The summed E-state index contributed by atoms with van der Waals surface area (Å²) in [7, 11) is 2.13. The summed E-state index contributed by atoms with van der Waals surface area (Å²) in [6.45, 7) is 7.14. The van der Waals surface area contributed by atoms with Crippen LogP contribution in [0.2, 0.25) is 0 Å². The van der Waals surface area contributed by atoms with Gasteiger partial charge in [0.05, 0.1) is 0 Å². The standard InChI is InChI=1S/C16H32N2/c1-12(2)6-5-7-13(3)18-15-8-9-16(18)11-14(10-15)17-4/h12-17H,5-11H2,1-4H3. The van der Waals surface area contributed by atoms with Gasteiger partial charge in [-0.1, -0.05) is 26.7 Å². The molecule has 2 aliphatic heterocycles. The summed E-state index contributed by atoms with van der Waals surface area (Å²) in [5.41, 5.74) is 0. The summed E-state index contributed by atoms with van der Waals surface area (Å²) in [5, 5.41) is 3.50. The zero-order chi connectivity index (χ0) is 13.1. The Kier molecular flexibility index (Phi) is 5.08. The molecular weight excluding hydrogens is 220 g/mol. The second-order valence-electron chi connectivity index (χ2n) is 6.96. The molecule has 2 bridgehead atoms. The van der Waals surface area contributed by atoms with Crippen LogP contribution in [0.3, 0.4) is 0 Å². The van der Waals surface area contributed by atoms with Crippen molar-refractivity contribution < 1.29 is 0 Å². The Labute approximate surface area is 114 Å². The lowest BCUT2D eigenvalue weighted by molar-refractivity contribution is 0.0735. The molecule has 1 N–H and O–H groups in total. The number of fused-ring (bicyclic) bond motifs is 2. The van der Waals surface area contributed by atoms with Gasteiger partial charge in [0, 0.05) is 24.2 Å². The molecule has 2 heteroatoms. The number of rotatable bonds is 6. The van der Waals surface area contributed by atoms with Crippen LogP contribution in [0.5, 0.6) is 0 Å². The number of nitrogens with one attached hydrogen (secondary N) is 1. The average Bonchev–Trinajstić information content (AvgIpc) is 2.59. The molecule has 18 heavy (non-hydrogen) atoms. The smallest absolute Gasteiger partial charge is 0.0116 e. The highest BCUT2D eigenvalue weighted by atomic mass is 15.2. The summed E-state index contributed by atoms with van der Waals surface area (Å²) in [4.78, 5) is 2.87. The SMILES string of the molecule is CNC1CC2CCC(C1)N2C(C)CCCC(C)C. The molecule has 3 atom stereocenters. The molecule has 2 saturated heterocycles. The van der Waals surface area contributed by atoms with E-state index in [1.165, 1.54) is 44.9 Å². The molecule has 0 aromatic carbocycles. The predicted octanol–water partition coefficient (Wildman–Crippen LogP) is 3.42. The highest BCUT2D eigenvalue weighted by Gasteiger charge is 2.41. The lowest BCUT2D eigenvalue weighted by Crippen LogP contribution is -2.51. The van der Waals surface area contributed by atoms with E-state index in [1.807, 2.05) is 0 Å². The van der Waals surface area contributed by atoms with Crippen molar-refractivity contribution in [1.82, 2.24) is 10.2 Å². The van der Waals surface area contributed by atoms with Crippen molar-refractivity contribution in [2.24, 2.45) is 5.92 Å². The largest absolute Gasteiger partial charge is 0.317 e. The molecule has 0 saturated carbocycles. The van der Waals surface area contributed by atoms with Gasteiger partial charge in [-0.3, -0.25) is 4.90 Å². The first-order chi connectivity index (χ1) is 8.61. The van der Waals surface area contributed by atoms with E-state index in [2.05, 4.69) is 38.0 Å². The molecule has 0 aliphatic carbocycles. The zero-order valence-corrected chi connectivity index (χ0v) is 12.8. The maximum Gasteiger partial charge on any atom is 0.0116 e. The highest BCUT2D eigenvalue weighted by Crippen LogP contribution is 2.38. The first-order valence-corrected chi connectivity index (χ1v) is 8.06. The highest BCUT2D eigenvalue weighted by molar-refractivity contribution is 4.98. The lowest BCUT2D eigenvalue weighted by atomic mass is 9.94. The number of hydrogen-bond acceptors (Lipinski definition) is 2. The van der Waals surface area contributed by atoms with Crippen molar-refractivity contribution in [3.05, 3.63) is 0 Å². The lowest BCUT2D eigenvalue weighted by Gasteiger charge is -2.42. The van der Waals surface area contributed by atoms with Crippen molar-refractivity contribution in [2.75, 3.05) is 7.05 Å². The molecule has 0 amide bonds. The van der Waals surface area contributed by atoms with Crippen LogP contribution in [0, 0.1) is 5.92 Å². The summed E-state index contributed by atoms with van der Waals surface area (Å²) in [6, 6.07) is 3.33. The van der Waals surface area contributed by atoms with Crippen molar-refractivity contribution >= 4 is 0 Å². The van der Waals surface area contributed by atoms with Gasteiger partial charge in [-0.2, -0.15) is 0 Å². The van der Waals surface area contributed by atoms with Crippen LogP contribution >= 0.6 is 0 Å². The fraction of sp³-hybridized carbons (Fsp3) is 1.00. The third-order valence-electron chi connectivity index (χ3n) is 5.11. The van der Waals surface area contributed by atoms with Crippen LogP contribution in [0.15, 0.2) is 0 Å². The first-order valence-electron chi connectivity index (χ1n) is 8.06. The summed E-state index contributed by atoms with van der Waals surface area (Å²) in [6.07, 6.45) is 9.84. The van der Waals surface area contributed by atoms with Crippen LogP contribution in [0.25, 0.3) is 0 Å². The van der Waals surface area contributed by atoms with Gasteiger partial charge in [-0.05, 0) is 52.0 Å². The summed E-state index contributed by atoms with van der Waals surface area (Å²) in [5.74, 6) is 0.865. The van der Waals surface area contributed by atoms with Gasteiger partial charge in [0.15, 0.2) is 0 Å². The number of hydrogen-bond donors (Lipinski definition) is 1. The Morgan fingerprint density at radius 1 is 1.06 bits per heavy atom. The van der Waals surface area contributed by atoms with Crippen LogP contribution in [0.1, 0.15) is 65.7 Å². The fourth-order valence-electron chi connectivity index (χ4n) is 4.14. The van der Waals surface area contributed by atoms with Crippen molar-refractivity contribution in [3.63, 3.8) is 0 Å². The van der Waals surface area contributed by atoms with E-state index in [0.717, 1.165) is 30.1 Å². The van der Waals surface area contributed by atoms with Gasteiger partial charge < -0.3 is 5.32 Å². The Hall–Kier alpha value is -0.0800. The fourth-order valence-corrected chi connectivity index (χ4v) is 4.14. The van der Waals surface area contributed by atoms with Gasteiger partial charge in [-0.15, -0.1) is 0 Å². The van der Waals surface area contributed by atoms with Crippen molar-refractivity contribution in [1.29, 1.82) is 0 Å². The van der Waals surface area contributed by atoms with E-state index in [4.69, 9.17) is 0 Å². The van der Waals surface area contributed by atoms with Gasteiger partial charge in [0.25, 0.3) is 0 Å². The van der Waals surface area contributed by atoms with Gasteiger partial charge >= 0.3 is 0 Å². The van der Waals surface area contributed by atoms with Gasteiger partial charge in [0.2, 0.25) is 0 Å². The average molecular weight is 252 g/mol. The number of nitrogens with zero attached hydrogens (tertiary/aromatic N) is 1. The maximum atomic E-state index is 3.50. The Balaban J connectivity index is 1.82. The van der Waals surface area contributed by atoms with E-state index in [-0.39, 0.29) is 0 Å². The van der Waals surface area contributed by atoms with E-state index >= 15 is 0 Å². The molecule has 2 aliphatic rings. The normalized spacial score (nSPS) is 34.2. The quantitative estimate of drug-likeness (QED) is 0.779. The molecule has 2 fully saturated rings. The minimum absolute atomic E-state index is 0.779. The topological polar surface area (TPSA) is 15.3 Å². The molecule has 0 radical (unpaired) electrons. The van der Waals surface area contributed by atoms with Crippen LogP contribution in [-0.2, 0) is 0 Å². The van der Waals surface area contributed by atoms with Crippen molar-refractivity contribution in [3.8, 4) is 0 Å². The zero-order valence-electron chi connectivity index (χ0n) is 12.8. The first kappa shape index (κ1) is 14.3. The Morgan fingerprint density at radius 3 is 2.17 bits per heavy atom. The minimum atomic E-state index is 0.779.